The molecular weight excluding hydrogens is 523 g/mol. The molecular formula is C30H34F3N3O4. The molecule has 1 aromatic heterocycles. The minimum Gasteiger partial charge on any atom is -0.497 e. The molecule has 2 amide bonds. The van der Waals surface area contributed by atoms with Gasteiger partial charge < -0.3 is 25.1 Å². The zero-order chi connectivity index (χ0) is 29.4. The van der Waals surface area contributed by atoms with Crippen LogP contribution in [0.4, 0.5) is 13.2 Å². The number of aromatic amines is 1. The van der Waals surface area contributed by atoms with Gasteiger partial charge in [-0.05, 0) is 60.4 Å². The summed E-state index contributed by atoms with van der Waals surface area (Å²) in [4.78, 5) is 24.7. The Morgan fingerprint density at radius 1 is 0.875 bits per heavy atom. The Hall–Kier alpha value is -4.47. The second-order valence-electron chi connectivity index (χ2n) is 8.35. The number of H-pyrrole nitrogens is 1. The van der Waals surface area contributed by atoms with Gasteiger partial charge in [0, 0.05) is 24.0 Å². The van der Waals surface area contributed by atoms with E-state index in [2.05, 4.69) is 70.6 Å². The number of nitrogens with one attached hydrogen (secondary N) is 3. The van der Waals surface area contributed by atoms with E-state index in [0.717, 1.165) is 24.7 Å². The van der Waals surface area contributed by atoms with Gasteiger partial charge in [0.1, 0.15) is 17.2 Å². The first kappa shape index (κ1) is 31.7. The molecule has 0 fully saturated rings. The summed E-state index contributed by atoms with van der Waals surface area (Å²) in [5.41, 5.74) is 3.43. The normalized spacial score (nSPS) is 10.3. The van der Waals surface area contributed by atoms with Crippen molar-refractivity contribution in [2.24, 2.45) is 0 Å². The molecule has 1 heterocycles. The zero-order valence-corrected chi connectivity index (χ0v) is 22.7. The summed E-state index contributed by atoms with van der Waals surface area (Å²) in [5.74, 6) is 0.155. The summed E-state index contributed by atoms with van der Waals surface area (Å²) in [7, 11) is 1.69. The van der Waals surface area contributed by atoms with Crippen molar-refractivity contribution in [1.82, 2.24) is 15.6 Å². The molecule has 0 radical (unpaired) electrons. The van der Waals surface area contributed by atoms with E-state index in [-0.39, 0.29) is 24.5 Å². The van der Waals surface area contributed by atoms with Crippen molar-refractivity contribution >= 4 is 23.2 Å². The second-order valence-corrected chi connectivity index (χ2v) is 8.35. The van der Waals surface area contributed by atoms with Gasteiger partial charge in [-0.3, -0.25) is 9.59 Å². The monoisotopic (exact) mass is 557 g/mol. The van der Waals surface area contributed by atoms with Gasteiger partial charge in [-0.15, -0.1) is 13.2 Å². The standard InChI is InChI=1S/C13H12F3N3O3.C9H12O.C8H10/c14-13(15,16)22-9-1-2-10-8(5-9)6-11(19-10)12(21)18-4-3-17-7-20;1-3-8-5-4-6-9(7-8)10-2;1-2-8-6-4-3-5-7-8/h1-2,5-7,19H,3-4H2,(H,17,20)(H,18,21);4-7H,3H2,1-2H3;3-7H,2H2,1H3. The molecule has 0 bridgehead atoms. The summed E-state index contributed by atoms with van der Waals surface area (Å²) in [5, 5.41) is 5.34. The van der Waals surface area contributed by atoms with Crippen LogP contribution in [-0.2, 0) is 17.6 Å². The molecule has 0 aliphatic rings. The topological polar surface area (TPSA) is 92.5 Å². The fourth-order valence-corrected chi connectivity index (χ4v) is 3.44. The molecule has 0 aliphatic heterocycles. The van der Waals surface area contributed by atoms with Crippen LogP contribution in [0.3, 0.4) is 0 Å². The number of hydrogen-bond acceptors (Lipinski definition) is 4. The van der Waals surface area contributed by atoms with E-state index < -0.39 is 12.3 Å². The van der Waals surface area contributed by atoms with E-state index in [1.807, 2.05) is 18.2 Å². The van der Waals surface area contributed by atoms with Crippen molar-refractivity contribution in [2.75, 3.05) is 20.2 Å². The number of ether oxygens (including phenoxy) is 2. The summed E-state index contributed by atoms with van der Waals surface area (Å²) in [6.45, 7) is 4.80. The summed E-state index contributed by atoms with van der Waals surface area (Å²) in [6.07, 6.45) is -2.05. The van der Waals surface area contributed by atoms with E-state index >= 15 is 0 Å². The lowest BCUT2D eigenvalue weighted by Crippen LogP contribution is -2.31. The number of halogens is 3. The third-order valence-corrected chi connectivity index (χ3v) is 5.50. The highest BCUT2D eigenvalue weighted by atomic mass is 19.4. The lowest BCUT2D eigenvalue weighted by atomic mass is 10.2. The quantitative estimate of drug-likeness (QED) is 0.173. The van der Waals surface area contributed by atoms with Crippen LogP contribution < -0.4 is 20.1 Å². The van der Waals surface area contributed by atoms with Crippen molar-refractivity contribution < 1.29 is 32.2 Å². The smallest absolute Gasteiger partial charge is 0.497 e. The Kier molecular flexibility index (Phi) is 13.1. The molecule has 4 rings (SSSR count). The number of methoxy groups -OCH3 is 1. The SMILES string of the molecule is CCc1cccc(OC)c1.CCc1ccccc1.O=CNCCNC(=O)c1cc2cc(OC(F)(F)F)ccc2[nH]1. The number of aromatic nitrogens is 1. The van der Waals surface area contributed by atoms with Crippen LogP contribution >= 0.6 is 0 Å². The van der Waals surface area contributed by atoms with E-state index in [1.165, 1.54) is 29.3 Å². The third-order valence-electron chi connectivity index (χ3n) is 5.50. The van der Waals surface area contributed by atoms with Crippen LogP contribution in [0.5, 0.6) is 11.5 Å². The summed E-state index contributed by atoms with van der Waals surface area (Å²) >= 11 is 0. The molecule has 4 aromatic rings. The minimum atomic E-state index is -4.77. The Bertz CT molecular complexity index is 1310. The maximum absolute atomic E-state index is 12.2. The maximum Gasteiger partial charge on any atom is 0.573 e. The number of hydrogen-bond donors (Lipinski definition) is 3. The number of fused-ring (bicyclic) bond motifs is 1. The van der Waals surface area contributed by atoms with Gasteiger partial charge in [0.2, 0.25) is 6.41 Å². The molecule has 3 N–H and O–H groups in total. The number of benzene rings is 3. The van der Waals surface area contributed by atoms with Gasteiger partial charge in [-0.1, -0.05) is 56.3 Å². The summed E-state index contributed by atoms with van der Waals surface area (Å²) < 4.78 is 45.3. The largest absolute Gasteiger partial charge is 0.573 e. The Morgan fingerprint density at radius 2 is 1.57 bits per heavy atom. The molecule has 40 heavy (non-hydrogen) atoms. The number of aryl methyl sites for hydroxylation is 2. The van der Waals surface area contributed by atoms with Crippen LogP contribution in [0, 0.1) is 0 Å². The fourth-order valence-electron chi connectivity index (χ4n) is 3.44. The van der Waals surface area contributed by atoms with Gasteiger partial charge in [0.25, 0.3) is 5.91 Å². The first-order valence-electron chi connectivity index (χ1n) is 12.7. The molecule has 0 unspecified atom stereocenters. The van der Waals surface area contributed by atoms with E-state index in [0.29, 0.717) is 17.3 Å². The Labute approximate surface area is 231 Å². The van der Waals surface area contributed by atoms with Gasteiger partial charge >= 0.3 is 6.36 Å². The Morgan fingerprint density at radius 3 is 2.17 bits per heavy atom. The molecule has 0 spiro atoms. The number of alkyl halides is 3. The number of carbonyl (C=O) groups excluding carboxylic acids is 2. The van der Waals surface area contributed by atoms with Crippen LogP contribution in [0.25, 0.3) is 10.9 Å². The number of carbonyl (C=O) groups is 2. The minimum absolute atomic E-state index is 0.199. The lowest BCUT2D eigenvalue weighted by Gasteiger charge is -2.08. The molecule has 0 saturated carbocycles. The van der Waals surface area contributed by atoms with Crippen molar-refractivity contribution in [1.29, 1.82) is 0 Å². The average Bonchev–Trinajstić information content (AvgIpc) is 3.39. The molecule has 0 saturated heterocycles. The predicted octanol–water partition coefficient (Wildman–Crippen LogP) is 6.05. The molecule has 7 nitrogen and oxygen atoms in total. The highest BCUT2D eigenvalue weighted by Gasteiger charge is 2.31. The predicted molar refractivity (Wildman–Crippen MR) is 150 cm³/mol. The fraction of sp³-hybridized carbons (Fsp3) is 0.267. The van der Waals surface area contributed by atoms with Gasteiger partial charge in [0.05, 0.1) is 7.11 Å². The van der Waals surface area contributed by atoms with Crippen molar-refractivity contribution in [3.8, 4) is 11.5 Å². The number of rotatable bonds is 9. The average molecular weight is 558 g/mol. The van der Waals surface area contributed by atoms with Crippen LogP contribution in [0.1, 0.15) is 35.5 Å². The van der Waals surface area contributed by atoms with E-state index in [4.69, 9.17) is 4.74 Å². The maximum atomic E-state index is 12.2. The van der Waals surface area contributed by atoms with E-state index in [1.54, 1.807) is 7.11 Å². The first-order valence-corrected chi connectivity index (χ1v) is 12.7. The van der Waals surface area contributed by atoms with Crippen LogP contribution in [0.15, 0.2) is 78.9 Å². The van der Waals surface area contributed by atoms with Gasteiger partial charge in [-0.25, -0.2) is 0 Å². The summed E-state index contributed by atoms with van der Waals surface area (Å²) in [6, 6.07) is 23.7. The molecule has 214 valence electrons. The molecule has 0 atom stereocenters. The van der Waals surface area contributed by atoms with Crippen molar-refractivity contribution in [2.45, 2.75) is 33.1 Å². The Balaban J connectivity index is 0.000000254. The van der Waals surface area contributed by atoms with Gasteiger partial charge in [-0.2, -0.15) is 0 Å². The van der Waals surface area contributed by atoms with Crippen molar-refractivity contribution in [3.05, 3.63) is 95.7 Å². The molecule has 10 heteroatoms. The second kappa shape index (κ2) is 16.5. The first-order chi connectivity index (χ1) is 19.2. The van der Waals surface area contributed by atoms with E-state index in [9.17, 15) is 22.8 Å². The number of amides is 2. The third kappa shape index (κ3) is 11.5. The highest BCUT2D eigenvalue weighted by Crippen LogP contribution is 2.26. The van der Waals surface area contributed by atoms with Crippen molar-refractivity contribution in [3.63, 3.8) is 0 Å². The molecule has 0 aliphatic carbocycles. The molecule has 3 aromatic carbocycles. The van der Waals surface area contributed by atoms with Crippen LogP contribution in [0.2, 0.25) is 0 Å². The van der Waals surface area contributed by atoms with Crippen LogP contribution in [-0.4, -0.2) is 43.9 Å². The zero-order valence-electron chi connectivity index (χ0n) is 22.7. The highest BCUT2D eigenvalue weighted by molar-refractivity contribution is 5.98. The van der Waals surface area contributed by atoms with Gasteiger partial charge in [0.15, 0.2) is 0 Å². The lowest BCUT2D eigenvalue weighted by molar-refractivity contribution is -0.274.